The first-order valence-corrected chi connectivity index (χ1v) is 8.23. The van der Waals surface area contributed by atoms with Crippen molar-refractivity contribution in [3.63, 3.8) is 0 Å². The summed E-state index contributed by atoms with van der Waals surface area (Å²) in [5.74, 6) is 0.907. The third kappa shape index (κ3) is 4.79. The Balaban J connectivity index is 2.42. The smallest absolute Gasteiger partial charge is 0.282 e. The fraction of sp³-hybridized carbons (Fsp3) is 0.222. The molecule has 0 amide bonds. The Bertz CT molecular complexity index is 938. The van der Waals surface area contributed by atoms with Gasteiger partial charge in [0.15, 0.2) is 23.0 Å². The monoisotopic (exact) mass is 418 g/mol. The predicted octanol–water partition coefficient (Wildman–Crippen LogP) is 2.99. The topological polar surface area (TPSA) is 148 Å². The second-order valence-corrected chi connectivity index (χ2v) is 5.54. The summed E-state index contributed by atoms with van der Waals surface area (Å²) >= 11 is 0. The molecule has 0 aliphatic carbocycles. The molecule has 2 rings (SSSR count). The summed E-state index contributed by atoms with van der Waals surface area (Å²) in [7, 11) is 5.49. The van der Waals surface area contributed by atoms with Gasteiger partial charge in [-0.2, -0.15) is 10.2 Å². The molecule has 0 heterocycles. The summed E-state index contributed by atoms with van der Waals surface area (Å²) in [5.41, 5.74) is -0.333. The lowest BCUT2D eigenvalue weighted by molar-refractivity contribution is -0.385. The second-order valence-electron chi connectivity index (χ2n) is 5.54. The molecule has 12 heteroatoms. The molecule has 158 valence electrons. The lowest BCUT2D eigenvalue weighted by Gasteiger charge is -2.08. The van der Waals surface area contributed by atoms with E-state index in [1.807, 2.05) is 0 Å². The minimum Gasteiger partial charge on any atom is -0.493 e. The summed E-state index contributed by atoms with van der Waals surface area (Å²) in [5, 5.41) is 30.1. The number of nitro benzene ring substituents is 2. The van der Waals surface area contributed by atoms with E-state index in [0.717, 1.165) is 12.4 Å². The first kappa shape index (κ1) is 22.1. The van der Waals surface area contributed by atoms with E-state index in [1.54, 1.807) is 0 Å². The highest BCUT2D eigenvalue weighted by Gasteiger charge is 2.19. The van der Waals surface area contributed by atoms with Crippen LogP contribution in [0.4, 0.5) is 11.4 Å². The van der Waals surface area contributed by atoms with Gasteiger partial charge in [-0.1, -0.05) is 0 Å². The maximum Gasteiger partial charge on any atom is 0.282 e. The van der Waals surface area contributed by atoms with Gasteiger partial charge in [-0.05, 0) is 12.1 Å². The Hall–Kier alpha value is -4.22. The highest BCUT2D eigenvalue weighted by atomic mass is 16.6. The number of hydrogen-bond acceptors (Lipinski definition) is 10. The van der Waals surface area contributed by atoms with Gasteiger partial charge in [0, 0.05) is 0 Å². The lowest BCUT2D eigenvalue weighted by atomic mass is 10.1. The molecule has 0 N–H and O–H groups in total. The van der Waals surface area contributed by atoms with Crippen molar-refractivity contribution in [1.82, 2.24) is 0 Å². The van der Waals surface area contributed by atoms with Crippen LogP contribution in [-0.4, -0.2) is 50.7 Å². The van der Waals surface area contributed by atoms with Gasteiger partial charge in [-0.3, -0.25) is 20.2 Å². The Morgan fingerprint density at radius 2 is 0.967 bits per heavy atom. The fourth-order valence-electron chi connectivity index (χ4n) is 2.48. The SMILES string of the molecule is COc1cc(/C=N/N=C/c2cc(OC)c(OC)cc2[N+](=O)[O-])c([N+](=O)[O-])cc1OC. The second kappa shape index (κ2) is 9.82. The van der Waals surface area contributed by atoms with Crippen molar-refractivity contribution in [2.24, 2.45) is 10.2 Å². The van der Waals surface area contributed by atoms with E-state index in [0.29, 0.717) is 0 Å². The molecule has 2 aromatic carbocycles. The van der Waals surface area contributed by atoms with Crippen LogP contribution in [0.5, 0.6) is 23.0 Å². The molecule has 0 saturated carbocycles. The first-order chi connectivity index (χ1) is 14.4. The van der Waals surface area contributed by atoms with Gasteiger partial charge in [0.05, 0.1) is 74.0 Å². The van der Waals surface area contributed by atoms with E-state index in [1.165, 1.54) is 52.7 Å². The molecule has 0 bridgehead atoms. The molecule has 0 aliphatic heterocycles. The highest BCUT2D eigenvalue weighted by Crippen LogP contribution is 2.34. The molecule has 0 spiro atoms. The van der Waals surface area contributed by atoms with E-state index < -0.39 is 9.85 Å². The molecule has 0 aromatic heterocycles. The zero-order valence-corrected chi connectivity index (χ0v) is 16.5. The fourth-order valence-corrected chi connectivity index (χ4v) is 2.48. The van der Waals surface area contributed by atoms with Gasteiger partial charge in [0.2, 0.25) is 0 Å². The average Bonchev–Trinajstić information content (AvgIpc) is 2.75. The average molecular weight is 418 g/mol. The van der Waals surface area contributed by atoms with Crippen LogP contribution in [-0.2, 0) is 0 Å². The van der Waals surface area contributed by atoms with Crippen LogP contribution < -0.4 is 18.9 Å². The van der Waals surface area contributed by atoms with Crippen molar-refractivity contribution >= 4 is 23.8 Å². The molecule has 0 unspecified atom stereocenters. The largest absolute Gasteiger partial charge is 0.493 e. The minimum atomic E-state index is -0.605. The van der Waals surface area contributed by atoms with E-state index >= 15 is 0 Å². The molecule has 0 aliphatic rings. The maximum absolute atomic E-state index is 11.3. The quantitative estimate of drug-likeness (QED) is 0.343. The van der Waals surface area contributed by atoms with Crippen molar-refractivity contribution in [3.8, 4) is 23.0 Å². The van der Waals surface area contributed by atoms with Gasteiger partial charge in [-0.15, -0.1) is 0 Å². The van der Waals surface area contributed by atoms with Crippen LogP contribution in [0.2, 0.25) is 0 Å². The normalized spacial score (nSPS) is 10.9. The molecule has 2 aromatic rings. The Morgan fingerprint density at radius 1 is 0.667 bits per heavy atom. The molecule has 12 nitrogen and oxygen atoms in total. The Morgan fingerprint density at radius 3 is 1.23 bits per heavy atom. The molecule has 0 saturated heterocycles. The summed E-state index contributed by atoms with van der Waals surface area (Å²) in [4.78, 5) is 21.4. The van der Waals surface area contributed by atoms with Crippen molar-refractivity contribution in [3.05, 3.63) is 55.6 Å². The Kier molecular flexibility index (Phi) is 7.22. The number of hydrogen-bond donors (Lipinski definition) is 0. The zero-order valence-electron chi connectivity index (χ0n) is 16.5. The number of methoxy groups -OCH3 is 4. The molecular weight excluding hydrogens is 400 g/mol. The standard InChI is InChI=1S/C18H18N4O8/c1-27-15-5-11(13(21(23)24)7-17(15)29-3)9-19-20-10-12-6-16(28-2)18(30-4)8-14(12)22(25)26/h5-10H,1-4H3/b19-9+,20-10+. The number of ether oxygens (including phenoxy) is 4. The number of rotatable bonds is 9. The number of benzene rings is 2. The van der Waals surface area contributed by atoms with Crippen molar-refractivity contribution in [2.45, 2.75) is 0 Å². The van der Waals surface area contributed by atoms with Crippen LogP contribution in [0, 0.1) is 20.2 Å². The molecule has 0 fully saturated rings. The van der Waals surface area contributed by atoms with Crippen LogP contribution in [0.25, 0.3) is 0 Å². The number of nitrogens with zero attached hydrogens (tertiary/aromatic N) is 4. The molecular formula is C18H18N4O8. The van der Waals surface area contributed by atoms with Crippen LogP contribution in [0.3, 0.4) is 0 Å². The van der Waals surface area contributed by atoms with Gasteiger partial charge in [0.25, 0.3) is 11.4 Å². The lowest BCUT2D eigenvalue weighted by Crippen LogP contribution is -1.99. The van der Waals surface area contributed by atoms with Crippen LogP contribution in [0.1, 0.15) is 11.1 Å². The van der Waals surface area contributed by atoms with Gasteiger partial charge < -0.3 is 18.9 Å². The highest BCUT2D eigenvalue weighted by molar-refractivity contribution is 5.89. The molecule has 0 radical (unpaired) electrons. The van der Waals surface area contributed by atoms with E-state index in [-0.39, 0.29) is 45.5 Å². The van der Waals surface area contributed by atoms with Gasteiger partial charge in [-0.25, -0.2) is 0 Å². The summed E-state index contributed by atoms with van der Waals surface area (Å²) < 4.78 is 20.4. The van der Waals surface area contributed by atoms with Crippen LogP contribution >= 0.6 is 0 Å². The van der Waals surface area contributed by atoms with Crippen molar-refractivity contribution in [1.29, 1.82) is 0 Å². The van der Waals surface area contributed by atoms with E-state index in [9.17, 15) is 20.2 Å². The zero-order chi connectivity index (χ0) is 22.3. The third-order valence-corrected chi connectivity index (χ3v) is 3.92. The van der Waals surface area contributed by atoms with Gasteiger partial charge >= 0.3 is 0 Å². The molecule has 0 atom stereocenters. The van der Waals surface area contributed by atoms with Crippen LogP contribution in [0.15, 0.2) is 34.5 Å². The first-order valence-electron chi connectivity index (χ1n) is 8.23. The minimum absolute atomic E-state index is 0.108. The van der Waals surface area contributed by atoms with E-state index in [2.05, 4.69) is 10.2 Å². The summed E-state index contributed by atoms with van der Waals surface area (Å²) in [6.07, 6.45) is 2.26. The maximum atomic E-state index is 11.3. The van der Waals surface area contributed by atoms with Crippen molar-refractivity contribution in [2.75, 3.05) is 28.4 Å². The van der Waals surface area contributed by atoms with E-state index in [4.69, 9.17) is 18.9 Å². The Labute approximate surface area is 170 Å². The van der Waals surface area contributed by atoms with Gasteiger partial charge in [0.1, 0.15) is 0 Å². The summed E-state index contributed by atoms with van der Waals surface area (Å²) in [6.45, 7) is 0. The van der Waals surface area contributed by atoms with Crippen molar-refractivity contribution < 1.29 is 28.8 Å². The third-order valence-electron chi connectivity index (χ3n) is 3.92. The number of nitro groups is 2. The summed E-state index contributed by atoms with van der Waals surface area (Å²) in [6, 6.07) is 5.13. The predicted molar refractivity (Wildman–Crippen MR) is 108 cm³/mol. The molecule has 30 heavy (non-hydrogen) atoms.